The van der Waals surface area contributed by atoms with E-state index in [1.54, 1.807) is 35.7 Å². The Labute approximate surface area is 371 Å². The highest BCUT2D eigenvalue weighted by Crippen LogP contribution is 2.42. The SMILES string of the molecule is CC1(C)Cc2c(C#N)c(SCCc3cc(F)cc(CC4(C)Cc5c(C#N)c(SCCc6c[nH]c7ccccc67)nc(N6CCOCC6)c5CO4)c3)nc(N3CCOCC3)c2CO1. The molecule has 1 atom stereocenters. The molecule has 0 aliphatic carbocycles. The largest absolute Gasteiger partial charge is 0.378 e. The van der Waals surface area contributed by atoms with Gasteiger partial charge in [-0.2, -0.15) is 10.5 Å². The first-order chi connectivity index (χ1) is 30.1. The van der Waals surface area contributed by atoms with Crippen LogP contribution in [0.4, 0.5) is 16.0 Å². The summed E-state index contributed by atoms with van der Waals surface area (Å²) in [5.41, 5.74) is 8.15. The van der Waals surface area contributed by atoms with Crippen molar-refractivity contribution in [3.63, 3.8) is 0 Å². The lowest BCUT2D eigenvalue weighted by molar-refractivity contribution is -0.0537. The first kappa shape index (κ1) is 42.6. The number of halogens is 1. The summed E-state index contributed by atoms with van der Waals surface area (Å²) in [4.78, 5) is 18.1. The Morgan fingerprint density at radius 2 is 1.32 bits per heavy atom. The number of nitrogens with zero attached hydrogens (tertiary/aromatic N) is 6. The van der Waals surface area contributed by atoms with Gasteiger partial charge in [0.25, 0.3) is 0 Å². The van der Waals surface area contributed by atoms with Crippen LogP contribution in [-0.2, 0) is 64.3 Å². The van der Waals surface area contributed by atoms with E-state index in [2.05, 4.69) is 78.2 Å². The number of hydrogen-bond acceptors (Lipinski definition) is 12. The fourth-order valence-electron chi connectivity index (χ4n) is 9.26. The predicted octanol–water partition coefficient (Wildman–Crippen LogP) is 8.11. The van der Waals surface area contributed by atoms with E-state index in [0.29, 0.717) is 87.2 Å². The van der Waals surface area contributed by atoms with Gasteiger partial charge in [-0.15, -0.1) is 23.5 Å². The molecule has 0 amide bonds. The smallest absolute Gasteiger partial charge is 0.135 e. The van der Waals surface area contributed by atoms with Crippen molar-refractivity contribution >= 4 is 46.1 Å². The number of para-hydroxylation sites is 1. The highest BCUT2D eigenvalue weighted by atomic mass is 32.2. The summed E-state index contributed by atoms with van der Waals surface area (Å²) in [5.74, 6) is 2.84. The van der Waals surface area contributed by atoms with Crippen molar-refractivity contribution in [2.24, 2.45) is 0 Å². The molecule has 2 aromatic carbocycles. The Balaban J connectivity index is 0.936. The summed E-state index contributed by atoms with van der Waals surface area (Å²) in [5, 5.41) is 23.8. The van der Waals surface area contributed by atoms with Gasteiger partial charge in [0, 0.05) is 85.2 Å². The Bertz CT molecular complexity index is 2560. The number of nitrogens with one attached hydrogen (secondary N) is 1. The molecule has 1 unspecified atom stereocenters. The Morgan fingerprint density at radius 3 is 1.97 bits per heavy atom. The Morgan fingerprint density at radius 1 is 0.742 bits per heavy atom. The molecular weight excluding hydrogens is 822 g/mol. The fourth-order valence-corrected chi connectivity index (χ4v) is 11.2. The van der Waals surface area contributed by atoms with Gasteiger partial charge in [-0.05, 0) is 79.6 Å². The molecule has 7 heterocycles. The highest BCUT2D eigenvalue weighted by Gasteiger charge is 2.37. The molecule has 5 aromatic rings. The maximum absolute atomic E-state index is 15.5. The van der Waals surface area contributed by atoms with Gasteiger partial charge in [0.1, 0.15) is 39.6 Å². The maximum atomic E-state index is 15.5. The molecule has 322 valence electrons. The predicted molar refractivity (Wildman–Crippen MR) is 241 cm³/mol. The third-order valence-electron chi connectivity index (χ3n) is 12.4. The van der Waals surface area contributed by atoms with E-state index in [4.69, 9.17) is 28.9 Å². The van der Waals surface area contributed by atoms with Crippen LogP contribution in [0.1, 0.15) is 70.8 Å². The van der Waals surface area contributed by atoms with Crippen molar-refractivity contribution in [2.45, 2.75) is 87.3 Å². The lowest BCUT2D eigenvalue weighted by atomic mass is 9.83. The number of H-pyrrole nitrogens is 1. The van der Waals surface area contributed by atoms with E-state index in [0.717, 1.165) is 93.9 Å². The van der Waals surface area contributed by atoms with Crippen LogP contribution in [0.25, 0.3) is 10.9 Å². The zero-order chi connectivity index (χ0) is 42.8. The quantitative estimate of drug-likeness (QED) is 0.122. The molecule has 0 spiro atoms. The number of pyridine rings is 2. The molecule has 3 aromatic heterocycles. The summed E-state index contributed by atoms with van der Waals surface area (Å²) in [6, 6.07) is 18.6. The van der Waals surface area contributed by atoms with Crippen LogP contribution in [-0.4, -0.2) is 90.3 Å². The molecule has 4 aliphatic rings. The standard InChI is InChI=1S/C48H52FN7O4S2/c1-47(2)24-36-38(26-50)45(53-43(40(36)29-59-47)55-10-14-57-15-11-55)61-18-8-31-20-32(22-34(49)21-31)23-48(3)25-37-39(27-51)46(54-44(41(37)30-60-48)56-12-16-58-17-13-56)62-19-9-33-28-52-42-7-5-4-6-35(33)42/h4-7,20-22,28,52H,8-19,23-25,29-30H2,1-3H3. The van der Waals surface area contributed by atoms with Gasteiger partial charge in [0.2, 0.25) is 0 Å². The third kappa shape index (κ3) is 9.05. The van der Waals surface area contributed by atoms with Gasteiger partial charge < -0.3 is 33.7 Å². The Hall–Kier alpha value is -4.67. The second-order valence-electron chi connectivity index (χ2n) is 17.4. The number of anilines is 2. The highest BCUT2D eigenvalue weighted by molar-refractivity contribution is 7.99. The van der Waals surface area contributed by atoms with Crippen LogP contribution in [0.3, 0.4) is 0 Å². The summed E-state index contributed by atoms with van der Waals surface area (Å²) >= 11 is 3.18. The van der Waals surface area contributed by atoms with E-state index >= 15 is 4.39 Å². The van der Waals surface area contributed by atoms with Crippen molar-refractivity contribution < 1.29 is 23.3 Å². The number of nitriles is 2. The first-order valence-electron chi connectivity index (χ1n) is 21.5. The van der Waals surface area contributed by atoms with Crippen molar-refractivity contribution in [3.8, 4) is 12.1 Å². The van der Waals surface area contributed by atoms with Crippen LogP contribution >= 0.6 is 23.5 Å². The number of morpholine rings is 2. The van der Waals surface area contributed by atoms with Gasteiger partial charge in [-0.3, -0.25) is 0 Å². The van der Waals surface area contributed by atoms with Crippen LogP contribution in [0, 0.1) is 28.5 Å². The number of fused-ring (bicyclic) bond motifs is 3. The summed E-state index contributed by atoms with van der Waals surface area (Å²) in [7, 11) is 0. The number of aromatic amines is 1. The molecule has 14 heteroatoms. The first-order valence-corrected chi connectivity index (χ1v) is 23.5. The van der Waals surface area contributed by atoms with Gasteiger partial charge in [0.05, 0.1) is 62.0 Å². The molecule has 11 nitrogen and oxygen atoms in total. The van der Waals surface area contributed by atoms with E-state index in [1.807, 2.05) is 6.07 Å². The zero-order valence-corrected chi connectivity index (χ0v) is 37.3. The lowest BCUT2D eigenvalue weighted by Gasteiger charge is -2.39. The maximum Gasteiger partial charge on any atom is 0.135 e. The molecule has 62 heavy (non-hydrogen) atoms. The van der Waals surface area contributed by atoms with Crippen LogP contribution < -0.4 is 9.80 Å². The molecular formula is C48H52FN7O4S2. The van der Waals surface area contributed by atoms with E-state index in [1.165, 1.54) is 10.9 Å². The number of aromatic nitrogens is 3. The second-order valence-corrected chi connectivity index (χ2v) is 19.6. The summed E-state index contributed by atoms with van der Waals surface area (Å²) in [6.45, 7) is 12.3. The topological polar surface area (TPSA) is 133 Å². The van der Waals surface area contributed by atoms with E-state index in [-0.39, 0.29) is 11.4 Å². The molecule has 0 saturated carbocycles. The molecule has 0 bridgehead atoms. The number of aryl methyl sites for hydroxylation is 2. The van der Waals surface area contributed by atoms with Gasteiger partial charge in [0.15, 0.2) is 0 Å². The summed E-state index contributed by atoms with van der Waals surface area (Å²) < 4.78 is 39.7. The average molecular weight is 874 g/mol. The molecule has 0 radical (unpaired) electrons. The third-order valence-corrected chi connectivity index (χ3v) is 14.3. The van der Waals surface area contributed by atoms with Gasteiger partial charge in [-0.1, -0.05) is 24.3 Å². The number of hydrogen-bond donors (Lipinski definition) is 1. The van der Waals surface area contributed by atoms with Gasteiger partial charge >= 0.3 is 0 Å². The average Bonchev–Trinajstić information content (AvgIpc) is 3.68. The molecule has 2 fully saturated rings. The lowest BCUT2D eigenvalue weighted by Crippen LogP contribution is -2.41. The van der Waals surface area contributed by atoms with E-state index in [9.17, 15) is 10.5 Å². The van der Waals surface area contributed by atoms with Crippen LogP contribution in [0.15, 0.2) is 58.7 Å². The number of thioether (sulfide) groups is 2. The summed E-state index contributed by atoms with van der Waals surface area (Å²) in [6.07, 6.45) is 5.09. The second kappa shape index (κ2) is 18.2. The normalized spacial score (nSPS) is 19.8. The Kier molecular flexibility index (Phi) is 12.5. The number of rotatable bonds is 12. The minimum Gasteiger partial charge on any atom is -0.378 e. The minimum absolute atomic E-state index is 0.297. The molecule has 4 aliphatic heterocycles. The molecule has 2 saturated heterocycles. The van der Waals surface area contributed by atoms with E-state index < -0.39 is 5.60 Å². The minimum atomic E-state index is -0.684. The van der Waals surface area contributed by atoms with Crippen molar-refractivity contribution in [3.05, 3.63) is 105 Å². The zero-order valence-electron chi connectivity index (χ0n) is 35.7. The molecule has 9 rings (SSSR count). The monoisotopic (exact) mass is 873 g/mol. The molecule has 1 N–H and O–H groups in total. The number of ether oxygens (including phenoxy) is 4. The van der Waals surface area contributed by atoms with Crippen LogP contribution in [0.5, 0.6) is 0 Å². The van der Waals surface area contributed by atoms with Crippen molar-refractivity contribution in [1.82, 2.24) is 15.0 Å². The number of benzene rings is 2. The van der Waals surface area contributed by atoms with Crippen molar-refractivity contribution in [2.75, 3.05) is 73.9 Å². The van der Waals surface area contributed by atoms with Crippen LogP contribution in [0.2, 0.25) is 0 Å². The van der Waals surface area contributed by atoms with Gasteiger partial charge in [-0.25, -0.2) is 14.4 Å². The van der Waals surface area contributed by atoms with Crippen molar-refractivity contribution in [1.29, 1.82) is 10.5 Å². The fraction of sp³-hybridized carbons (Fsp3) is 0.458.